The van der Waals surface area contributed by atoms with Crippen LogP contribution in [0.15, 0.2) is 0 Å². The van der Waals surface area contributed by atoms with Crippen molar-refractivity contribution in [1.82, 2.24) is 0 Å². The lowest BCUT2D eigenvalue weighted by Crippen LogP contribution is -2.37. The van der Waals surface area contributed by atoms with E-state index in [4.69, 9.17) is 24.0 Å². The number of carbonyl (C=O) groups excluding carboxylic acids is 2. The molecule has 9 nitrogen and oxygen atoms in total. The fourth-order valence-electron chi connectivity index (χ4n) is 3.08. The maximum absolute atomic E-state index is 12.1. The zero-order valence-electron chi connectivity index (χ0n) is 27.1. The third kappa shape index (κ3) is 24.7. The third-order valence-corrected chi connectivity index (χ3v) is 6.15. The highest BCUT2D eigenvalue weighted by molar-refractivity contribution is 7.47. The molecule has 0 saturated carbocycles. The van der Waals surface area contributed by atoms with Crippen LogP contribution in [-0.4, -0.2) is 74.9 Å². The molecule has 1 N–H and O–H groups in total. The molecule has 0 fully saturated rings. The Morgan fingerprint density at radius 1 is 0.889 bits per heavy atom. The maximum atomic E-state index is 12.1. The van der Waals surface area contributed by atoms with Gasteiger partial charge in [-0.2, -0.15) is 0 Å². The maximum Gasteiger partial charge on any atom is 0.472 e. The number of carbonyl (C=O) groups is 2. The summed E-state index contributed by atoms with van der Waals surface area (Å²) in [6, 6.07) is 0. The van der Waals surface area contributed by atoms with E-state index in [-0.39, 0.29) is 32.5 Å². The molecule has 0 spiro atoms. The van der Waals surface area contributed by atoms with Gasteiger partial charge in [-0.1, -0.05) is 83.9 Å². The van der Waals surface area contributed by atoms with Crippen molar-refractivity contribution in [3.05, 3.63) is 0 Å². The van der Waals surface area contributed by atoms with Crippen molar-refractivity contribution in [2.75, 3.05) is 47.5 Å². The Labute approximate surface area is 225 Å². The molecular weight excluding hydrogens is 485 g/mol. The number of rotatable bonds is 24. The summed E-state index contributed by atoms with van der Waals surface area (Å²) < 4.78 is 65.2. The van der Waals surface area contributed by atoms with E-state index in [2.05, 4.69) is 6.92 Å². The first-order chi connectivity index (χ1) is 18.4. The van der Waals surface area contributed by atoms with Crippen molar-refractivity contribution < 1.29 is 47.5 Å². The molecule has 10 heteroatoms. The molecule has 0 aliphatic heterocycles. The minimum Gasteiger partial charge on any atom is -0.462 e. The Balaban J connectivity index is 4.26. The standard InChI is InChI=1S/C26H52NO8P/c1-6-7-8-9-10-11-12-13-14-15-16-17-18-19-26(29)32-22-25(35-24(2)28)23-34-36(30,31)33-21-20-27(3,4)5/h25H,6-23H2,1-5H3/p+1/t25-/m1/s1/i11T2,12T2. The van der Waals surface area contributed by atoms with Crippen LogP contribution in [0.4, 0.5) is 0 Å². The molecule has 36 heavy (non-hydrogen) atoms. The van der Waals surface area contributed by atoms with E-state index in [1.54, 1.807) is 0 Å². The van der Waals surface area contributed by atoms with E-state index in [1.807, 2.05) is 21.1 Å². The summed E-state index contributed by atoms with van der Waals surface area (Å²) in [5.41, 5.74) is 0. The lowest BCUT2D eigenvalue weighted by Gasteiger charge is -2.24. The summed E-state index contributed by atoms with van der Waals surface area (Å²) in [6.07, 6.45) is 2.86. The minimum absolute atomic E-state index is 0.00799. The highest BCUT2D eigenvalue weighted by atomic mass is 31.2. The van der Waals surface area contributed by atoms with Gasteiger partial charge in [-0.15, -0.1) is 0 Å². The molecule has 0 aliphatic rings. The lowest BCUT2D eigenvalue weighted by molar-refractivity contribution is -0.870. The molecule has 214 valence electrons. The number of quaternary nitrogens is 1. The predicted molar refractivity (Wildman–Crippen MR) is 141 cm³/mol. The molecule has 2 atom stereocenters. The van der Waals surface area contributed by atoms with Crippen LogP contribution in [0, 0.1) is 0 Å². The van der Waals surface area contributed by atoms with Gasteiger partial charge in [0.2, 0.25) is 0 Å². The summed E-state index contributed by atoms with van der Waals surface area (Å²) in [7, 11) is 1.34. The molecule has 0 radical (unpaired) electrons. The molecule has 0 aromatic rings. The van der Waals surface area contributed by atoms with E-state index < -0.39 is 45.2 Å². The van der Waals surface area contributed by atoms with Crippen LogP contribution in [0.1, 0.15) is 109 Å². The first-order valence-corrected chi connectivity index (χ1v) is 14.7. The van der Waals surface area contributed by atoms with E-state index >= 15 is 0 Å². The Bertz CT molecular complexity index is 780. The summed E-state index contributed by atoms with van der Waals surface area (Å²) in [4.78, 5) is 33.3. The van der Waals surface area contributed by atoms with Crippen molar-refractivity contribution in [1.29, 1.82) is 0 Å². The Morgan fingerprint density at radius 3 is 2.00 bits per heavy atom. The van der Waals surface area contributed by atoms with Gasteiger partial charge < -0.3 is 18.9 Å². The molecule has 0 aromatic heterocycles. The van der Waals surface area contributed by atoms with E-state index in [0.29, 0.717) is 30.3 Å². The van der Waals surface area contributed by atoms with Gasteiger partial charge in [-0.05, 0) is 6.42 Å². The van der Waals surface area contributed by atoms with Crippen LogP contribution in [0.5, 0.6) is 0 Å². The number of nitrogens with zero attached hydrogens (tertiary/aromatic N) is 1. The summed E-state index contributed by atoms with van der Waals surface area (Å²) >= 11 is 0. The molecule has 1 unspecified atom stereocenters. The van der Waals surface area contributed by atoms with Crippen LogP contribution < -0.4 is 0 Å². The number of likely N-dealkylation sites (N-methyl/N-ethyl adjacent to an activating group) is 1. The Kier molecular flexibility index (Phi) is 16.3. The van der Waals surface area contributed by atoms with Crippen molar-refractivity contribution in [2.24, 2.45) is 0 Å². The van der Waals surface area contributed by atoms with Crippen LogP contribution in [0.25, 0.3) is 0 Å². The summed E-state index contributed by atoms with van der Waals surface area (Å²) in [5, 5.41) is 0. The molecular formula is C26H53NO8P+. The molecule has 0 rings (SSSR count). The van der Waals surface area contributed by atoms with Gasteiger partial charge in [0.1, 0.15) is 19.8 Å². The number of ether oxygens (including phenoxy) is 2. The van der Waals surface area contributed by atoms with Crippen LogP contribution in [0.3, 0.4) is 0 Å². The van der Waals surface area contributed by atoms with Gasteiger partial charge in [-0.25, -0.2) is 4.57 Å². The summed E-state index contributed by atoms with van der Waals surface area (Å²) in [6.45, 7) is 2.91. The molecule has 0 saturated heterocycles. The largest absolute Gasteiger partial charge is 0.472 e. The molecule has 0 aliphatic carbocycles. The third-order valence-electron chi connectivity index (χ3n) is 5.17. The highest BCUT2D eigenvalue weighted by Crippen LogP contribution is 2.43. The zero-order chi connectivity index (χ0) is 30.9. The second-order valence-electron chi connectivity index (χ2n) is 9.96. The Hall–Kier alpha value is -0.990. The average molecular weight is 547 g/mol. The highest BCUT2D eigenvalue weighted by Gasteiger charge is 2.26. The van der Waals surface area contributed by atoms with E-state index in [0.717, 1.165) is 45.4 Å². The smallest absolute Gasteiger partial charge is 0.462 e. The van der Waals surface area contributed by atoms with Crippen LogP contribution in [-0.2, 0) is 32.7 Å². The topological polar surface area (TPSA) is 108 Å². The quantitative estimate of drug-likeness (QED) is 0.0702. The van der Waals surface area contributed by atoms with Crippen molar-refractivity contribution in [3.8, 4) is 0 Å². The Morgan fingerprint density at radius 2 is 1.44 bits per heavy atom. The van der Waals surface area contributed by atoms with Gasteiger partial charge >= 0.3 is 19.8 Å². The molecule has 0 amide bonds. The van der Waals surface area contributed by atoms with Gasteiger partial charge in [0.05, 0.1) is 27.7 Å². The zero-order valence-corrected chi connectivity index (χ0v) is 24.0. The first-order valence-electron chi connectivity index (χ1n) is 15.2. The van der Waals surface area contributed by atoms with Gasteiger partial charge in [0, 0.05) is 18.8 Å². The second kappa shape index (κ2) is 21.0. The number of phosphoric acid groups is 1. The fourth-order valence-corrected chi connectivity index (χ4v) is 3.83. The molecule has 0 heterocycles. The summed E-state index contributed by atoms with van der Waals surface area (Å²) in [5.74, 6) is -1.16. The van der Waals surface area contributed by atoms with Crippen molar-refractivity contribution in [3.63, 3.8) is 0 Å². The van der Waals surface area contributed by atoms with Gasteiger partial charge in [-0.3, -0.25) is 18.6 Å². The SMILES string of the molecule is [3H]C([3H])(CCCCCC)C([3H])([3H])CCCCCCCC(=O)OC[C@H](COP(=O)(O)OCC[N+](C)(C)C)OC(C)=O. The fraction of sp³-hybridized carbons (Fsp3) is 0.923. The van der Waals surface area contributed by atoms with Crippen molar-refractivity contribution in [2.45, 2.75) is 110 Å². The first kappa shape index (κ1) is 28.0. The second-order valence-corrected chi connectivity index (χ2v) is 11.4. The number of hydrogen-bond acceptors (Lipinski definition) is 7. The number of unbranched alkanes of at least 4 members (excludes halogenated alkanes) is 7. The molecule has 0 bridgehead atoms. The van der Waals surface area contributed by atoms with Crippen LogP contribution in [0.2, 0.25) is 0 Å². The van der Waals surface area contributed by atoms with E-state index in [9.17, 15) is 19.0 Å². The number of esters is 2. The van der Waals surface area contributed by atoms with Gasteiger partial charge in [0.15, 0.2) is 6.10 Å². The normalized spacial score (nSPS) is 16.7. The van der Waals surface area contributed by atoms with E-state index in [1.165, 1.54) is 0 Å². The minimum atomic E-state index is -4.37. The lowest BCUT2D eigenvalue weighted by atomic mass is 10.0. The van der Waals surface area contributed by atoms with Crippen LogP contribution >= 0.6 is 7.82 Å². The molecule has 0 aromatic carbocycles. The van der Waals surface area contributed by atoms with Crippen molar-refractivity contribution >= 4 is 19.8 Å². The number of phosphoric ester groups is 1. The predicted octanol–water partition coefficient (Wildman–Crippen LogP) is 5.78. The number of hydrogen-bond donors (Lipinski definition) is 1. The average Bonchev–Trinajstić information content (AvgIpc) is 2.81. The monoisotopic (exact) mass is 546 g/mol. The van der Waals surface area contributed by atoms with Gasteiger partial charge in [0.25, 0.3) is 0 Å².